The summed E-state index contributed by atoms with van der Waals surface area (Å²) in [5, 5.41) is 3.31. The molecule has 74 valence electrons. The van der Waals surface area contributed by atoms with Crippen LogP contribution in [0.5, 0.6) is 0 Å². The van der Waals surface area contributed by atoms with Crippen molar-refractivity contribution in [2.75, 3.05) is 20.3 Å². The molecule has 0 unspecified atom stereocenters. The molecule has 0 aromatic carbocycles. The van der Waals surface area contributed by atoms with Gasteiger partial charge in [-0.1, -0.05) is 0 Å². The summed E-state index contributed by atoms with van der Waals surface area (Å²) in [4.78, 5) is 11.1. The van der Waals surface area contributed by atoms with Crippen LogP contribution in [-0.2, 0) is 14.3 Å². The van der Waals surface area contributed by atoms with Crippen molar-refractivity contribution in [2.24, 2.45) is 5.92 Å². The fourth-order valence-electron chi connectivity index (χ4n) is 2.04. The minimum absolute atomic E-state index is 0.0376. The number of ether oxygens (including phenoxy) is 2. The van der Waals surface area contributed by atoms with E-state index in [4.69, 9.17) is 4.74 Å². The lowest BCUT2D eigenvalue weighted by Crippen LogP contribution is -2.61. The van der Waals surface area contributed by atoms with Gasteiger partial charge >= 0.3 is 5.97 Å². The van der Waals surface area contributed by atoms with Gasteiger partial charge < -0.3 is 9.47 Å². The van der Waals surface area contributed by atoms with Gasteiger partial charge in [-0.15, -0.1) is 0 Å². The average molecular weight is 185 g/mol. The molecule has 1 heterocycles. The zero-order chi connectivity index (χ0) is 9.31. The van der Waals surface area contributed by atoms with Gasteiger partial charge in [0, 0.05) is 12.8 Å². The Morgan fingerprint density at radius 2 is 2.38 bits per heavy atom. The van der Waals surface area contributed by atoms with Crippen LogP contribution in [0.25, 0.3) is 0 Å². The molecule has 4 nitrogen and oxygen atoms in total. The summed E-state index contributed by atoms with van der Waals surface area (Å²) in [6.45, 7) is 1.80. The Kier molecular flexibility index (Phi) is 2.26. The van der Waals surface area contributed by atoms with E-state index in [1.165, 1.54) is 7.11 Å². The van der Waals surface area contributed by atoms with E-state index < -0.39 is 0 Å². The first-order valence-electron chi connectivity index (χ1n) is 4.73. The predicted molar refractivity (Wildman–Crippen MR) is 46.0 cm³/mol. The highest BCUT2D eigenvalue weighted by atomic mass is 16.5. The van der Waals surface area contributed by atoms with E-state index in [1.807, 2.05) is 0 Å². The Labute approximate surface area is 77.6 Å². The Balaban J connectivity index is 1.85. The molecule has 2 aliphatic rings. The zero-order valence-electron chi connectivity index (χ0n) is 7.84. The molecule has 1 aliphatic carbocycles. The first kappa shape index (κ1) is 8.97. The lowest BCUT2D eigenvalue weighted by atomic mass is 9.76. The minimum atomic E-state index is -0.197. The van der Waals surface area contributed by atoms with Gasteiger partial charge in [0.15, 0.2) is 0 Å². The summed E-state index contributed by atoms with van der Waals surface area (Å²) in [5.74, 6) is -0.0720. The van der Waals surface area contributed by atoms with Crippen molar-refractivity contribution in [3.8, 4) is 0 Å². The van der Waals surface area contributed by atoms with Crippen molar-refractivity contribution in [3.05, 3.63) is 0 Å². The molecule has 1 saturated carbocycles. The van der Waals surface area contributed by atoms with E-state index in [1.54, 1.807) is 0 Å². The van der Waals surface area contributed by atoms with Gasteiger partial charge in [0.05, 0.1) is 19.6 Å². The second kappa shape index (κ2) is 3.27. The van der Waals surface area contributed by atoms with Gasteiger partial charge in [-0.3, -0.25) is 10.1 Å². The van der Waals surface area contributed by atoms with Crippen LogP contribution in [0.1, 0.15) is 19.3 Å². The maximum absolute atomic E-state index is 11.1. The van der Waals surface area contributed by atoms with Crippen LogP contribution in [0.4, 0.5) is 0 Å². The molecule has 1 N–H and O–H groups in total. The fraction of sp³-hybridized carbons (Fsp3) is 0.889. The van der Waals surface area contributed by atoms with Crippen LogP contribution in [0.15, 0.2) is 0 Å². The van der Waals surface area contributed by atoms with Crippen molar-refractivity contribution in [1.29, 1.82) is 0 Å². The van der Waals surface area contributed by atoms with Crippen LogP contribution in [0.3, 0.4) is 0 Å². The quantitative estimate of drug-likeness (QED) is 0.596. The summed E-state index contributed by atoms with van der Waals surface area (Å²) < 4.78 is 10.3. The van der Waals surface area contributed by atoms with Gasteiger partial charge in [0.1, 0.15) is 5.72 Å². The molecule has 0 aromatic rings. The van der Waals surface area contributed by atoms with Crippen molar-refractivity contribution in [3.63, 3.8) is 0 Å². The molecule has 0 atom stereocenters. The van der Waals surface area contributed by atoms with E-state index in [0.717, 1.165) is 32.4 Å². The van der Waals surface area contributed by atoms with Crippen LogP contribution in [0, 0.1) is 5.92 Å². The van der Waals surface area contributed by atoms with Gasteiger partial charge in [-0.2, -0.15) is 0 Å². The first-order valence-corrected chi connectivity index (χ1v) is 4.73. The van der Waals surface area contributed by atoms with E-state index >= 15 is 0 Å². The molecule has 4 heteroatoms. The molecule has 1 saturated heterocycles. The molecule has 0 bridgehead atoms. The summed E-state index contributed by atoms with van der Waals surface area (Å²) in [7, 11) is 1.43. The highest BCUT2D eigenvalue weighted by molar-refractivity contribution is 5.73. The molecule has 0 amide bonds. The second-order valence-corrected chi connectivity index (χ2v) is 3.75. The highest BCUT2D eigenvalue weighted by Crippen LogP contribution is 2.40. The van der Waals surface area contributed by atoms with E-state index in [0.29, 0.717) is 0 Å². The SMILES string of the molecule is COC(=O)C1CC2(C1)NCCCO2. The number of carbonyl (C=O) groups is 1. The molecule has 0 radical (unpaired) electrons. The predicted octanol–water partition coefficient (Wildman–Crippen LogP) is 0.276. The number of methoxy groups -OCH3 is 1. The number of nitrogens with one attached hydrogen (secondary N) is 1. The van der Waals surface area contributed by atoms with Crippen LogP contribution < -0.4 is 5.32 Å². The number of hydrogen-bond acceptors (Lipinski definition) is 4. The number of rotatable bonds is 1. The maximum Gasteiger partial charge on any atom is 0.308 e. The third-order valence-electron chi connectivity index (χ3n) is 2.83. The van der Waals surface area contributed by atoms with Gasteiger partial charge in [-0.05, 0) is 13.0 Å². The lowest BCUT2D eigenvalue weighted by molar-refractivity contribution is -0.188. The molecule has 13 heavy (non-hydrogen) atoms. The minimum Gasteiger partial charge on any atom is -0.469 e. The van der Waals surface area contributed by atoms with Crippen molar-refractivity contribution in [1.82, 2.24) is 5.32 Å². The van der Waals surface area contributed by atoms with Crippen LogP contribution >= 0.6 is 0 Å². The highest BCUT2D eigenvalue weighted by Gasteiger charge is 2.49. The Bertz CT molecular complexity index is 203. The molecule has 2 rings (SSSR count). The molecule has 1 aliphatic heterocycles. The zero-order valence-corrected chi connectivity index (χ0v) is 7.84. The monoisotopic (exact) mass is 185 g/mol. The largest absolute Gasteiger partial charge is 0.469 e. The average Bonchev–Trinajstić information content (AvgIpc) is 2.14. The second-order valence-electron chi connectivity index (χ2n) is 3.75. The Hall–Kier alpha value is -0.610. The third-order valence-corrected chi connectivity index (χ3v) is 2.83. The molecule has 1 spiro atoms. The van der Waals surface area contributed by atoms with Gasteiger partial charge in [-0.25, -0.2) is 0 Å². The standard InChI is InChI=1S/C9H15NO3/c1-12-8(11)7-5-9(6-7)10-3-2-4-13-9/h7,10H,2-6H2,1H3. The molecular formula is C9H15NO3. The number of hydrogen-bond donors (Lipinski definition) is 1. The summed E-state index contributed by atoms with van der Waals surface area (Å²) in [6, 6.07) is 0. The Morgan fingerprint density at radius 1 is 1.62 bits per heavy atom. The fourth-order valence-corrected chi connectivity index (χ4v) is 2.04. The van der Waals surface area contributed by atoms with Gasteiger partial charge in [0.2, 0.25) is 0 Å². The third kappa shape index (κ3) is 1.56. The maximum atomic E-state index is 11.1. The smallest absolute Gasteiger partial charge is 0.308 e. The first-order chi connectivity index (χ1) is 6.26. The summed E-state index contributed by atoms with van der Waals surface area (Å²) in [6.07, 6.45) is 2.59. The van der Waals surface area contributed by atoms with Gasteiger partial charge in [0.25, 0.3) is 0 Å². The van der Waals surface area contributed by atoms with Crippen LogP contribution in [0.2, 0.25) is 0 Å². The van der Waals surface area contributed by atoms with Crippen molar-refractivity contribution >= 4 is 5.97 Å². The number of esters is 1. The van der Waals surface area contributed by atoms with Crippen LogP contribution in [-0.4, -0.2) is 32.0 Å². The van der Waals surface area contributed by atoms with E-state index in [2.05, 4.69) is 10.1 Å². The normalized spacial score (nSPS) is 38.4. The van der Waals surface area contributed by atoms with Crippen molar-refractivity contribution < 1.29 is 14.3 Å². The number of carbonyl (C=O) groups excluding carboxylic acids is 1. The molecule has 0 aromatic heterocycles. The van der Waals surface area contributed by atoms with E-state index in [-0.39, 0.29) is 17.6 Å². The Morgan fingerprint density at radius 3 is 2.92 bits per heavy atom. The summed E-state index contributed by atoms with van der Waals surface area (Å²) >= 11 is 0. The topological polar surface area (TPSA) is 47.6 Å². The lowest BCUT2D eigenvalue weighted by Gasteiger charge is -2.48. The molecule has 2 fully saturated rings. The van der Waals surface area contributed by atoms with E-state index in [9.17, 15) is 4.79 Å². The van der Waals surface area contributed by atoms with Crippen molar-refractivity contribution in [2.45, 2.75) is 25.0 Å². The summed E-state index contributed by atoms with van der Waals surface area (Å²) in [5.41, 5.74) is -0.197. The molecular weight excluding hydrogens is 170 g/mol.